The highest BCUT2D eigenvalue weighted by Crippen LogP contribution is 2.25. The molecule has 2 nitrogen and oxygen atoms in total. The molecule has 0 aliphatic heterocycles. The highest BCUT2D eigenvalue weighted by Gasteiger charge is 2.12. The summed E-state index contributed by atoms with van der Waals surface area (Å²) in [5.74, 6) is 0. The minimum atomic E-state index is -0.684. The third kappa shape index (κ3) is 3.45. The van der Waals surface area contributed by atoms with Gasteiger partial charge < -0.3 is 5.11 Å². The minimum absolute atomic E-state index is 0.407. The normalized spacial score (nSPS) is 12.4. The van der Waals surface area contributed by atoms with Crippen LogP contribution in [0.3, 0.4) is 0 Å². The SMILES string of the molecule is OC(Cc1ccc(Cl)cc1Cl)c1ccc(Br)cn1. The average molecular weight is 347 g/mol. The van der Waals surface area contributed by atoms with Crippen LogP contribution in [0.25, 0.3) is 0 Å². The van der Waals surface area contributed by atoms with Crippen molar-refractivity contribution in [3.8, 4) is 0 Å². The second-order valence-corrected chi connectivity index (χ2v) is 5.62. The first kappa shape index (κ1) is 13.8. The number of aromatic nitrogens is 1. The first-order chi connectivity index (χ1) is 8.56. The summed E-state index contributed by atoms with van der Waals surface area (Å²) in [6.07, 6.45) is 1.38. The van der Waals surface area contributed by atoms with Gasteiger partial charge in [0.05, 0.1) is 11.8 Å². The van der Waals surface area contributed by atoms with E-state index in [1.807, 2.05) is 12.1 Å². The van der Waals surface area contributed by atoms with Crippen molar-refractivity contribution in [3.63, 3.8) is 0 Å². The van der Waals surface area contributed by atoms with Crippen molar-refractivity contribution in [2.75, 3.05) is 0 Å². The lowest BCUT2D eigenvalue weighted by Crippen LogP contribution is -2.04. The zero-order valence-electron chi connectivity index (χ0n) is 9.28. The van der Waals surface area contributed by atoms with E-state index in [0.29, 0.717) is 22.2 Å². The molecule has 0 bridgehead atoms. The second kappa shape index (κ2) is 6.02. The van der Waals surface area contributed by atoms with Crippen LogP contribution in [-0.4, -0.2) is 10.1 Å². The van der Waals surface area contributed by atoms with E-state index in [4.69, 9.17) is 23.2 Å². The zero-order chi connectivity index (χ0) is 13.1. The molecule has 0 amide bonds. The quantitative estimate of drug-likeness (QED) is 0.891. The van der Waals surface area contributed by atoms with Crippen LogP contribution in [0.15, 0.2) is 41.0 Å². The maximum atomic E-state index is 10.1. The number of hydrogen-bond donors (Lipinski definition) is 1. The Morgan fingerprint density at radius 1 is 1.22 bits per heavy atom. The van der Waals surface area contributed by atoms with E-state index in [-0.39, 0.29) is 0 Å². The van der Waals surface area contributed by atoms with Gasteiger partial charge in [0.2, 0.25) is 0 Å². The lowest BCUT2D eigenvalue weighted by molar-refractivity contribution is 0.173. The third-order valence-corrected chi connectivity index (χ3v) is 3.58. The average Bonchev–Trinajstić information content (AvgIpc) is 2.33. The van der Waals surface area contributed by atoms with Crippen LogP contribution in [-0.2, 0) is 6.42 Å². The highest BCUT2D eigenvalue weighted by molar-refractivity contribution is 9.10. The molecule has 0 aliphatic carbocycles. The van der Waals surface area contributed by atoms with E-state index < -0.39 is 6.10 Å². The Balaban J connectivity index is 2.15. The van der Waals surface area contributed by atoms with Crippen molar-refractivity contribution in [3.05, 3.63) is 62.3 Å². The van der Waals surface area contributed by atoms with Crippen molar-refractivity contribution in [2.24, 2.45) is 0 Å². The molecule has 2 aromatic rings. The Morgan fingerprint density at radius 3 is 2.61 bits per heavy atom. The molecule has 1 heterocycles. The van der Waals surface area contributed by atoms with Crippen molar-refractivity contribution < 1.29 is 5.11 Å². The molecule has 2 rings (SSSR count). The summed E-state index contributed by atoms with van der Waals surface area (Å²) in [6.45, 7) is 0. The molecule has 1 atom stereocenters. The molecule has 0 fully saturated rings. The molecule has 0 radical (unpaired) electrons. The minimum Gasteiger partial charge on any atom is -0.386 e. The summed E-state index contributed by atoms with van der Waals surface area (Å²) in [5.41, 5.74) is 1.46. The van der Waals surface area contributed by atoms with Crippen LogP contribution >= 0.6 is 39.1 Å². The molecule has 5 heteroatoms. The predicted molar refractivity (Wildman–Crippen MR) is 77.1 cm³/mol. The number of benzene rings is 1. The van der Waals surface area contributed by atoms with Gasteiger partial charge in [-0.3, -0.25) is 4.98 Å². The van der Waals surface area contributed by atoms with Crippen LogP contribution < -0.4 is 0 Å². The van der Waals surface area contributed by atoms with Crippen LogP contribution in [0.2, 0.25) is 10.0 Å². The van der Waals surface area contributed by atoms with E-state index in [9.17, 15) is 5.11 Å². The first-order valence-electron chi connectivity index (χ1n) is 5.29. The molecule has 1 aromatic heterocycles. The smallest absolute Gasteiger partial charge is 0.1000 e. The van der Waals surface area contributed by atoms with Crippen molar-refractivity contribution >= 4 is 39.1 Å². The van der Waals surface area contributed by atoms with Gasteiger partial charge in [-0.1, -0.05) is 29.3 Å². The Hall–Kier alpha value is -0.610. The van der Waals surface area contributed by atoms with Crippen molar-refractivity contribution in [2.45, 2.75) is 12.5 Å². The molecular formula is C13H10BrCl2NO. The van der Waals surface area contributed by atoms with Crippen LogP contribution in [0, 0.1) is 0 Å². The largest absolute Gasteiger partial charge is 0.386 e. The molecule has 0 spiro atoms. The maximum absolute atomic E-state index is 10.1. The Labute approximate surface area is 124 Å². The fourth-order valence-electron chi connectivity index (χ4n) is 1.58. The number of rotatable bonds is 3. The predicted octanol–water partition coefficient (Wildman–Crippen LogP) is 4.43. The van der Waals surface area contributed by atoms with E-state index >= 15 is 0 Å². The van der Waals surface area contributed by atoms with Gasteiger partial charge in [0.15, 0.2) is 0 Å². The summed E-state index contributed by atoms with van der Waals surface area (Å²) < 4.78 is 0.878. The number of halogens is 3. The standard InChI is InChI=1S/C13H10BrCl2NO/c14-9-2-4-12(17-7-9)13(18)5-8-1-3-10(15)6-11(8)16/h1-4,6-7,13,18H,5H2. The van der Waals surface area contributed by atoms with Crippen LogP contribution in [0.5, 0.6) is 0 Å². The Morgan fingerprint density at radius 2 is 2.00 bits per heavy atom. The summed E-state index contributed by atoms with van der Waals surface area (Å²) in [6, 6.07) is 8.85. The molecule has 0 saturated heterocycles. The van der Waals surface area contributed by atoms with E-state index in [2.05, 4.69) is 20.9 Å². The van der Waals surface area contributed by atoms with E-state index in [1.165, 1.54) is 0 Å². The van der Waals surface area contributed by atoms with Gasteiger partial charge in [-0.25, -0.2) is 0 Å². The van der Waals surface area contributed by atoms with E-state index in [1.54, 1.807) is 24.4 Å². The van der Waals surface area contributed by atoms with Gasteiger partial charge in [0, 0.05) is 27.1 Å². The van der Waals surface area contributed by atoms with Gasteiger partial charge in [0.25, 0.3) is 0 Å². The zero-order valence-corrected chi connectivity index (χ0v) is 12.4. The van der Waals surface area contributed by atoms with Crippen LogP contribution in [0.4, 0.5) is 0 Å². The van der Waals surface area contributed by atoms with Gasteiger partial charge >= 0.3 is 0 Å². The van der Waals surface area contributed by atoms with Gasteiger partial charge in [-0.05, 0) is 45.8 Å². The lowest BCUT2D eigenvalue weighted by Gasteiger charge is -2.11. The summed E-state index contributed by atoms with van der Waals surface area (Å²) in [4.78, 5) is 4.16. The number of aliphatic hydroxyl groups excluding tert-OH is 1. The summed E-state index contributed by atoms with van der Waals surface area (Å²) >= 11 is 15.2. The fourth-order valence-corrected chi connectivity index (χ4v) is 2.30. The lowest BCUT2D eigenvalue weighted by atomic mass is 10.1. The molecule has 1 unspecified atom stereocenters. The number of hydrogen-bond acceptors (Lipinski definition) is 2. The van der Waals surface area contributed by atoms with Gasteiger partial charge in [-0.15, -0.1) is 0 Å². The van der Waals surface area contributed by atoms with Crippen molar-refractivity contribution in [1.82, 2.24) is 4.98 Å². The Kier molecular flexibility index (Phi) is 4.62. The number of pyridine rings is 1. The molecule has 0 aliphatic rings. The monoisotopic (exact) mass is 345 g/mol. The molecule has 18 heavy (non-hydrogen) atoms. The summed E-state index contributed by atoms with van der Waals surface area (Å²) in [5, 5.41) is 11.2. The first-order valence-corrected chi connectivity index (χ1v) is 6.84. The van der Waals surface area contributed by atoms with E-state index in [0.717, 1.165) is 10.0 Å². The second-order valence-electron chi connectivity index (χ2n) is 3.86. The van der Waals surface area contributed by atoms with Crippen LogP contribution in [0.1, 0.15) is 17.4 Å². The highest BCUT2D eigenvalue weighted by atomic mass is 79.9. The number of aliphatic hydroxyl groups is 1. The fraction of sp³-hybridized carbons (Fsp3) is 0.154. The molecule has 1 N–H and O–H groups in total. The topological polar surface area (TPSA) is 33.1 Å². The summed E-state index contributed by atoms with van der Waals surface area (Å²) in [7, 11) is 0. The van der Waals surface area contributed by atoms with Gasteiger partial charge in [0.1, 0.15) is 0 Å². The molecule has 94 valence electrons. The van der Waals surface area contributed by atoms with Gasteiger partial charge in [-0.2, -0.15) is 0 Å². The third-order valence-electron chi connectivity index (χ3n) is 2.52. The van der Waals surface area contributed by atoms with Crippen molar-refractivity contribution in [1.29, 1.82) is 0 Å². The molecule has 1 aromatic carbocycles. The number of nitrogens with zero attached hydrogens (tertiary/aromatic N) is 1. The maximum Gasteiger partial charge on any atom is 0.1000 e. The molecular weight excluding hydrogens is 337 g/mol. The Bertz CT molecular complexity index is 545. The molecule has 0 saturated carbocycles.